The molecule has 34 heavy (non-hydrogen) atoms. The van der Waals surface area contributed by atoms with E-state index < -0.39 is 0 Å². The van der Waals surface area contributed by atoms with Crippen molar-refractivity contribution < 1.29 is 0 Å². The van der Waals surface area contributed by atoms with Crippen molar-refractivity contribution in [1.29, 1.82) is 0 Å². The van der Waals surface area contributed by atoms with E-state index in [1.54, 1.807) is 6.07 Å². The number of allylic oxidation sites excluding steroid dienone is 12. The highest BCUT2D eigenvalue weighted by molar-refractivity contribution is 6.20. The summed E-state index contributed by atoms with van der Waals surface area (Å²) in [6, 6.07) is 1.73. The second-order valence-electron chi connectivity index (χ2n) is 8.20. The number of nitrogen functional groups attached to an aromatic ring is 4. The Morgan fingerprint density at radius 2 is 1.00 bits per heavy atom. The predicted molar refractivity (Wildman–Crippen MR) is 142 cm³/mol. The van der Waals surface area contributed by atoms with Crippen molar-refractivity contribution in [2.45, 2.75) is 0 Å². The van der Waals surface area contributed by atoms with Gasteiger partial charge in [-0.25, -0.2) is 20.0 Å². The van der Waals surface area contributed by atoms with Gasteiger partial charge in [-0.2, -0.15) is 0 Å². The molecule has 0 aliphatic carbocycles. The molecule has 8 N–H and O–H groups in total. The van der Waals surface area contributed by atoms with Crippen molar-refractivity contribution in [1.82, 2.24) is 0 Å². The molecule has 1 aromatic carbocycles. The Bertz CT molecular complexity index is 1560. The normalized spacial score (nSPS) is 19.7. The van der Waals surface area contributed by atoms with Crippen LogP contribution in [0.3, 0.4) is 0 Å². The predicted octanol–water partition coefficient (Wildman–Crippen LogP) is 3.44. The lowest BCUT2D eigenvalue weighted by Crippen LogP contribution is -2.07. The molecule has 0 amide bonds. The Kier molecular flexibility index (Phi) is 4.21. The van der Waals surface area contributed by atoms with Crippen LogP contribution in [0.1, 0.15) is 5.56 Å². The second-order valence-corrected chi connectivity index (χ2v) is 8.20. The molecule has 0 spiro atoms. The fraction of sp³-hybridized carbons (Fsp3) is 0. The van der Waals surface area contributed by atoms with Crippen molar-refractivity contribution in [3.05, 3.63) is 101 Å². The van der Waals surface area contributed by atoms with E-state index in [4.69, 9.17) is 32.9 Å². The van der Waals surface area contributed by atoms with Crippen LogP contribution in [0.25, 0.3) is 5.57 Å². The Labute approximate surface area is 195 Å². The van der Waals surface area contributed by atoms with Crippen LogP contribution in [0.15, 0.2) is 116 Å². The Hall–Kier alpha value is -4.98. The highest BCUT2D eigenvalue weighted by Crippen LogP contribution is 2.40. The molecule has 0 atom stereocenters. The van der Waals surface area contributed by atoms with E-state index in [2.05, 4.69) is 9.98 Å². The molecule has 5 aliphatic heterocycles. The van der Waals surface area contributed by atoms with E-state index >= 15 is 0 Å². The van der Waals surface area contributed by atoms with Crippen molar-refractivity contribution >= 4 is 51.2 Å². The lowest BCUT2D eigenvalue weighted by molar-refractivity contribution is 1.41. The van der Waals surface area contributed by atoms with Gasteiger partial charge in [0.05, 0.1) is 68.4 Å². The average Bonchev–Trinajstić information content (AvgIpc) is 3.60. The molecule has 6 rings (SSSR count). The van der Waals surface area contributed by atoms with E-state index in [0.29, 0.717) is 22.6 Å². The van der Waals surface area contributed by atoms with Gasteiger partial charge in [0.25, 0.3) is 0 Å². The summed E-state index contributed by atoms with van der Waals surface area (Å²) in [5.41, 5.74) is 33.5. The summed E-state index contributed by atoms with van der Waals surface area (Å²) < 4.78 is 0. The lowest BCUT2D eigenvalue weighted by Gasteiger charge is -2.14. The number of hydrogen-bond donors (Lipinski definition) is 4. The second kappa shape index (κ2) is 7.28. The van der Waals surface area contributed by atoms with Gasteiger partial charge in [-0.3, -0.25) is 0 Å². The number of nitrogens with two attached hydrogens (primary N) is 4. The van der Waals surface area contributed by atoms with Crippen LogP contribution in [0.4, 0.5) is 22.7 Å². The van der Waals surface area contributed by atoms with Gasteiger partial charge in [0.1, 0.15) is 0 Å². The smallest absolute Gasteiger partial charge is 0.0809 e. The van der Waals surface area contributed by atoms with Crippen LogP contribution in [-0.2, 0) is 0 Å². The Morgan fingerprint density at radius 3 is 1.59 bits per heavy atom. The Balaban J connectivity index is 1.53. The first-order chi connectivity index (χ1) is 16.4. The molecular formula is C26H20N8. The van der Waals surface area contributed by atoms with Crippen LogP contribution in [0, 0.1) is 0 Å². The maximum Gasteiger partial charge on any atom is 0.0809 e. The summed E-state index contributed by atoms with van der Waals surface area (Å²) in [6.45, 7) is 0. The number of hydrogen-bond acceptors (Lipinski definition) is 8. The molecule has 8 bridgehead atoms. The zero-order chi connectivity index (χ0) is 23.4. The summed E-state index contributed by atoms with van der Waals surface area (Å²) in [7, 11) is 0. The molecule has 8 heteroatoms. The SMILES string of the molecule is Nc1cc(C2=CC3=NC2=CC2=NC(=CC4=NC(=CC5=NC(=C3)C=C5)C=C4)C=C2)c(N)c(N)c1N. The molecule has 0 unspecified atom stereocenters. The average molecular weight is 445 g/mol. The van der Waals surface area contributed by atoms with Crippen LogP contribution in [0.5, 0.6) is 0 Å². The molecular weight excluding hydrogens is 424 g/mol. The minimum atomic E-state index is 0.258. The number of benzene rings is 1. The molecule has 0 aromatic heterocycles. The summed E-state index contributed by atoms with van der Waals surface area (Å²) in [6.07, 6.45) is 21.3. The zero-order valence-electron chi connectivity index (χ0n) is 18.0. The molecule has 5 aliphatic rings. The van der Waals surface area contributed by atoms with Crippen LogP contribution in [0.2, 0.25) is 0 Å². The molecule has 0 radical (unpaired) electrons. The first kappa shape index (κ1) is 19.7. The summed E-state index contributed by atoms with van der Waals surface area (Å²) in [4.78, 5) is 18.8. The van der Waals surface area contributed by atoms with Crippen molar-refractivity contribution in [3.63, 3.8) is 0 Å². The lowest BCUT2D eigenvalue weighted by atomic mass is 9.98. The van der Waals surface area contributed by atoms with E-state index in [1.807, 2.05) is 66.8 Å². The first-order valence-electron chi connectivity index (χ1n) is 10.6. The highest BCUT2D eigenvalue weighted by atomic mass is 14.8. The van der Waals surface area contributed by atoms with Crippen molar-refractivity contribution in [2.24, 2.45) is 20.0 Å². The van der Waals surface area contributed by atoms with Gasteiger partial charge < -0.3 is 22.9 Å². The van der Waals surface area contributed by atoms with E-state index in [1.165, 1.54) is 0 Å². The Morgan fingerprint density at radius 1 is 0.471 bits per heavy atom. The summed E-state index contributed by atoms with van der Waals surface area (Å²) >= 11 is 0. The first-order valence-corrected chi connectivity index (χ1v) is 10.6. The van der Waals surface area contributed by atoms with Gasteiger partial charge in [0.15, 0.2) is 0 Å². The number of aliphatic imine (C=N–C) groups is 4. The standard InChI is InChI=1S/C26H20N8/c27-22-12-21(24(28)26(30)25(22)29)20-10-19-9-17-4-3-15(32-17)7-13-1-2-14(31-13)8-16-5-6-18(33-16)11-23(20)34-19/h1-12H,27-30H2. The van der Waals surface area contributed by atoms with Gasteiger partial charge in [-0.15, -0.1) is 0 Å². The van der Waals surface area contributed by atoms with Gasteiger partial charge in [-0.05, 0) is 72.9 Å². The molecule has 0 saturated carbocycles. The van der Waals surface area contributed by atoms with E-state index in [-0.39, 0.29) is 11.4 Å². The third-order valence-corrected chi connectivity index (χ3v) is 5.81. The number of fused-ring (bicyclic) bond motifs is 4. The molecule has 8 nitrogen and oxygen atoms in total. The van der Waals surface area contributed by atoms with E-state index in [0.717, 1.165) is 45.5 Å². The number of anilines is 4. The fourth-order valence-electron chi connectivity index (χ4n) is 4.09. The minimum absolute atomic E-state index is 0.258. The maximum atomic E-state index is 6.34. The van der Waals surface area contributed by atoms with Gasteiger partial charge in [0.2, 0.25) is 0 Å². The van der Waals surface area contributed by atoms with Crippen LogP contribution >= 0.6 is 0 Å². The molecule has 5 heterocycles. The van der Waals surface area contributed by atoms with Crippen LogP contribution in [-0.4, -0.2) is 22.8 Å². The molecule has 0 saturated heterocycles. The molecule has 164 valence electrons. The minimum Gasteiger partial charge on any atom is -0.397 e. The van der Waals surface area contributed by atoms with Crippen molar-refractivity contribution in [3.8, 4) is 0 Å². The highest BCUT2D eigenvalue weighted by Gasteiger charge is 2.22. The molecule has 0 fully saturated rings. The monoisotopic (exact) mass is 444 g/mol. The maximum absolute atomic E-state index is 6.34. The quantitative estimate of drug-likeness (QED) is 0.490. The topological polar surface area (TPSA) is 154 Å². The molecule has 1 aromatic rings. The summed E-state index contributed by atoms with van der Waals surface area (Å²) in [5.74, 6) is 0. The zero-order valence-corrected chi connectivity index (χ0v) is 18.0. The van der Waals surface area contributed by atoms with E-state index in [9.17, 15) is 0 Å². The van der Waals surface area contributed by atoms with Crippen LogP contribution < -0.4 is 22.9 Å². The third-order valence-electron chi connectivity index (χ3n) is 5.81. The van der Waals surface area contributed by atoms with Gasteiger partial charge in [-0.1, -0.05) is 0 Å². The largest absolute Gasteiger partial charge is 0.397 e. The number of rotatable bonds is 1. The third kappa shape index (κ3) is 3.34. The van der Waals surface area contributed by atoms with Crippen molar-refractivity contribution in [2.75, 3.05) is 22.9 Å². The van der Waals surface area contributed by atoms with Gasteiger partial charge in [0, 0.05) is 11.1 Å². The summed E-state index contributed by atoms with van der Waals surface area (Å²) in [5, 5.41) is 0. The fourth-order valence-corrected chi connectivity index (χ4v) is 4.09. The number of nitrogens with zero attached hydrogens (tertiary/aromatic N) is 4. The van der Waals surface area contributed by atoms with Gasteiger partial charge >= 0.3 is 0 Å².